The predicted octanol–water partition coefficient (Wildman–Crippen LogP) is 2.04. The van der Waals surface area contributed by atoms with Crippen molar-refractivity contribution in [2.75, 3.05) is 18.0 Å². The predicted molar refractivity (Wildman–Crippen MR) is 104 cm³/mol. The summed E-state index contributed by atoms with van der Waals surface area (Å²) >= 11 is 0. The number of hydrogen-bond donors (Lipinski definition) is 1. The maximum absolute atomic E-state index is 12.5. The second kappa shape index (κ2) is 7.29. The zero-order chi connectivity index (χ0) is 19.0. The van der Waals surface area contributed by atoms with Crippen molar-refractivity contribution >= 4 is 11.7 Å². The van der Waals surface area contributed by atoms with Gasteiger partial charge >= 0.3 is 0 Å². The Kier molecular flexibility index (Phi) is 4.85. The van der Waals surface area contributed by atoms with E-state index in [2.05, 4.69) is 38.5 Å². The highest BCUT2D eigenvalue weighted by molar-refractivity contribution is 5.92. The van der Waals surface area contributed by atoms with Crippen molar-refractivity contribution in [3.05, 3.63) is 34.8 Å². The van der Waals surface area contributed by atoms with Crippen LogP contribution >= 0.6 is 0 Å². The second-order valence-corrected chi connectivity index (χ2v) is 8.05. The fourth-order valence-corrected chi connectivity index (χ4v) is 4.18. The summed E-state index contributed by atoms with van der Waals surface area (Å²) in [6.07, 6.45) is 5.19. The molecule has 0 bridgehead atoms. The van der Waals surface area contributed by atoms with Gasteiger partial charge in [-0.25, -0.2) is 0 Å². The van der Waals surface area contributed by atoms with Gasteiger partial charge in [0.2, 0.25) is 0 Å². The number of hydrogen-bond acceptors (Lipinski definition) is 5. The van der Waals surface area contributed by atoms with Crippen molar-refractivity contribution in [2.45, 2.75) is 52.0 Å². The van der Waals surface area contributed by atoms with Crippen molar-refractivity contribution in [1.82, 2.24) is 25.3 Å². The number of carbonyl (C=O) groups excluding carboxylic acids is 1. The van der Waals surface area contributed by atoms with Gasteiger partial charge in [0.05, 0.1) is 11.4 Å². The summed E-state index contributed by atoms with van der Waals surface area (Å²) in [6, 6.07) is 4.25. The van der Waals surface area contributed by atoms with Crippen LogP contribution in [0, 0.1) is 12.8 Å². The molecule has 27 heavy (non-hydrogen) atoms. The molecule has 1 amide bonds. The number of fused-ring (bicyclic) bond motifs is 1. The first-order valence-corrected chi connectivity index (χ1v) is 9.91. The van der Waals surface area contributed by atoms with Crippen LogP contribution in [0.25, 0.3) is 0 Å². The van der Waals surface area contributed by atoms with Gasteiger partial charge in [0.25, 0.3) is 5.91 Å². The molecule has 0 saturated carbocycles. The van der Waals surface area contributed by atoms with Crippen LogP contribution in [0.5, 0.6) is 0 Å². The van der Waals surface area contributed by atoms with E-state index in [-0.39, 0.29) is 11.9 Å². The summed E-state index contributed by atoms with van der Waals surface area (Å²) < 4.78 is 1.64. The molecule has 2 aromatic heterocycles. The largest absolute Gasteiger partial charge is 0.355 e. The van der Waals surface area contributed by atoms with E-state index in [0.29, 0.717) is 5.69 Å². The first-order valence-electron chi connectivity index (χ1n) is 9.91. The third-order valence-corrected chi connectivity index (χ3v) is 5.78. The van der Waals surface area contributed by atoms with E-state index >= 15 is 0 Å². The number of nitrogens with zero attached hydrogens (tertiary/aromatic N) is 5. The first kappa shape index (κ1) is 17.9. The van der Waals surface area contributed by atoms with Crippen LogP contribution < -0.4 is 10.2 Å². The molecule has 4 rings (SSSR count). The van der Waals surface area contributed by atoms with Crippen molar-refractivity contribution in [2.24, 2.45) is 13.0 Å². The van der Waals surface area contributed by atoms with E-state index in [9.17, 15) is 4.79 Å². The molecule has 144 valence electrons. The SMILES string of the molecule is Cc1cc(C(=O)NC2CCN(c3cc4c(nn3)CCC(C)C4)CC2)n(C)n1. The van der Waals surface area contributed by atoms with Gasteiger partial charge in [-0.2, -0.15) is 10.2 Å². The van der Waals surface area contributed by atoms with E-state index in [4.69, 9.17) is 0 Å². The average Bonchev–Trinajstić information content (AvgIpc) is 3.00. The average molecular weight is 368 g/mol. The number of aryl methyl sites for hydroxylation is 3. The molecular weight excluding hydrogens is 340 g/mol. The molecule has 1 N–H and O–H groups in total. The van der Waals surface area contributed by atoms with Crippen LogP contribution in [0.4, 0.5) is 5.82 Å². The molecule has 0 aromatic carbocycles. The van der Waals surface area contributed by atoms with E-state index in [0.717, 1.165) is 56.2 Å². The summed E-state index contributed by atoms with van der Waals surface area (Å²) in [5.74, 6) is 1.67. The lowest BCUT2D eigenvalue weighted by atomic mass is 9.88. The minimum Gasteiger partial charge on any atom is -0.355 e. The molecule has 1 atom stereocenters. The Morgan fingerprint density at radius 2 is 1.96 bits per heavy atom. The van der Waals surface area contributed by atoms with E-state index < -0.39 is 0 Å². The molecule has 2 aromatic rings. The minimum atomic E-state index is -0.0425. The molecule has 1 fully saturated rings. The van der Waals surface area contributed by atoms with Gasteiger partial charge in [0.1, 0.15) is 5.69 Å². The number of aromatic nitrogens is 4. The van der Waals surface area contributed by atoms with Crippen LogP contribution in [0.3, 0.4) is 0 Å². The highest BCUT2D eigenvalue weighted by Crippen LogP contribution is 2.27. The third kappa shape index (κ3) is 3.82. The maximum atomic E-state index is 12.5. The molecule has 2 aliphatic rings. The zero-order valence-electron chi connectivity index (χ0n) is 16.4. The molecule has 0 spiro atoms. The van der Waals surface area contributed by atoms with Crippen molar-refractivity contribution in [3.63, 3.8) is 0 Å². The second-order valence-electron chi connectivity index (χ2n) is 8.05. The maximum Gasteiger partial charge on any atom is 0.269 e. The highest BCUT2D eigenvalue weighted by atomic mass is 16.2. The molecule has 0 radical (unpaired) electrons. The molecule has 7 heteroatoms. The Labute approximate surface area is 160 Å². The molecule has 3 heterocycles. The number of amides is 1. The van der Waals surface area contributed by atoms with Crippen LogP contribution in [0.2, 0.25) is 0 Å². The fourth-order valence-electron chi connectivity index (χ4n) is 4.18. The number of carbonyl (C=O) groups is 1. The molecular formula is C20H28N6O. The fraction of sp³-hybridized carbons (Fsp3) is 0.600. The highest BCUT2D eigenvalue weighted by Gasteiger charge is 2.25. The van der Waals surface area contributed by atoms with Gasteiger partial charge in [-0.05, 0) is 62.6 Å². The van der Waals surface area contributed by atoms with Gasteiger partial charge in [-0.15, -0.1) is 5.10 Å². The molecule has 1 saturated heterocycles. The first-order chi connectivity index (χ1) is 13.0. The summed E-state index contributed by atoms with van der Waals surface area (Å²) in [6.45, 7) is 5.98. The zero-order valence-corrected chi connectivity index (χ0v) is 16.4. The monoisotopic (exact) mass is 368 g/mol. The Bertz CT molecular complexity index is 837. The van der Waals surface area contributed by atoms with Crippen LogP contribution in [0.1, 0.15) is 53.6 Å². The number of rotatable bonds is 3. The summed E-state index contributed by atoms with van der Waals surface area (Å²) in [5, 5.41) is 16.3. The molecule has 1 unspecified atom stereocenters. The van der Waals surface area contributed by atoms with E-state index in [1.807, 2.05) is 13.0 Å². The molecule has 1 aliphatic carbocycles. The van der Waals surface area contributed by atoms with Gasteiger partial charge in [0, 0.05) is 26.2 Å². The van der Waals surface area contributed by atoms with Crippen LogP contribution in [-0.4, -0.2) is 45.0 Å². The standard InChI is InChI=1S/C20H28N6O/c1-13-4-5-17-15(10-13)12-19(23-22-17)26-8-6-16(7-9-26)21-20(27)18-11-14(2)24-25(18)3/h11-13,16H,4-10H2,1-3H3,(H,21,27). The number of anilines is 1. The number of nitrogens with one attached hydrogen (secondary N) is 1. The normalized spacial score (nSPS) is 20.4. The molecule has 7 nitrogen and oxygen atoms in total. The van der Waals surface area contributed by atoms with Gasteiger partial charge in [0.15, 0.2) is 5.82 Å². The number of piperidine rings is 1. The summed E-state index contributed by atoms with van der Waals surface area (Å²) in [7, 11) is 1.81. The lowest BCUT2D eigenvalue weighted by Gasteiger charge is -2.33. The van der Waals surface area contributed by atoms with Crippen molar-refractivity contribution in [1.29, 1.82) is 0 Å². The lowest BCUT2D eigenvalue weighted by Crippen LogP contribution is -2.45. The van der Waals surface area contributed by atoms with Crippen molar-refractivity contribution < 1.29 is 4.79 Å². The summed E-state index contributed by atoms with van der Waals surface area (Å²) in [5.41, 5.74) is 4.01. The van der Waals surface area contributed by atoms with Gasteiger partial charge in [-0.1, -0.05) is 6.92 Å². The van der Waals surface area contributed by atoms with Crippen molar-refractivity contribution in [3.8, 4) is 0 Å². The van der Waals surface area contributed by atoms with Crippen LogP contribution in [0.15, 0.2) is 12.1 Å². The van der Waals surface area contributed by atoms with E-state index in [1.165, 1.54) is 17.7 Å². The topological polar surface area (TPSA) is 75.9 Å². The Morgan fingerprint density at radius 3 is 2.67 bits per heavy atom. The molecule has 1 aliphatic heterocycles. The van der Waals surface area contributed by atoms with Gasteiger partial charge < -0.3 is 10.2 Å². The Morgan fingerprint density at radius 1 is 1.19 bits per heavy atom. The van der Waals surface area contributed by atoms with Gasteiger partial charge in [-0.3, -0.25) is 9.48 Å². The lowest BCUT2D eigenvalue weighted by molar-refractivity contribution is 0.0921. The Hall–Kier alpha value is -2.44. The smallest absolute Gasteiger partial charge is 0.269 e. The van der Waals surface area contributed by atoms with E-state index in [1.54, 1.807) is 11.7 Å². The Balaban J connectivity index is 1.36. The quantitative estimate of drug-likeness (QED) is 0.897. The minimum absolute atomic E-state index is 0.0425. The third-order valence-electron chi connectivity index (χ3n) is 5.78. The van der Waals surface area contributed by atoms with Crippen LogP contribution in [-0.2, 0) is 19.9 Å². The summed E-state index contributed by atoms with van der Waals surface area (Å²) in [4.78, 5) is 14.8.